The second-order valence-corrected chi connectivity index (χ2v) is 7.18. The average molecular weight is 425 g/mol. The van der Waals surface area contributed by atoms with Gasteiger partial charge in [-0.1, -0.05) is 42.5 Å². The molecule has 0 aromatic heterocycles. The van der Waals surface area contributed by atoms with Gasteiger partial charge in [-0.05, 0) is 30.5 Å². The first-order chi connectivity index (χ1) is 14.9. The summed E-state index contributed by atoms with van der Waals surface area (Å²) >= 11 is 0. The number of nitrogens with zero attached hydrogens (tertiary/aromatic N) is 1. The Labute approximate surface area is 179 Å². The largest absolute Gasteiger partial charge is 0.465 e. The van der Waals surface area contributed by atoms with E-state index in [4.69, 9.17) is 4.74 Å². The number of piperidine rings is 1. The summed E-state index contributed by atoms with van der Waals surface area (Å²) in [5, 5.41) is 9.59. The predicted octanol–water partition coefficient (Wildman–Crippen LogP) is 3.13. The first-order valence-electron chi connectivity index (χ1n) is 9.85. The molecule has 2 unspecified atom stereocenters. The number of methoxy groups -OCH3 is 1. The Balaban J connectivity index is 1.75. The predicted molar refractivity (Wildman–Crippen MR) is 110 cm³/mol. The van der Waals surface area contributed by atoms with Gasteiger partial charge >= 0.3 is 18.0 Å². The van der Waals surface area contributed by atoms with Gasteiger partial charge in [0.25, 0.3) is 0 Å². The van der Waals surface area contributed by atoms with Crippen molar-refractivity contribution in [2.24, 2.45) is 0 Å². The number of hydrogen-bond acceptors (Lipinski definition) is 6. The van der Waals surface area contributed by atoms with Crippen LogP contribution < -0.4 is 0 Å². The van der Waals surface area contributed by atoms with Gasteiger partial charge in [-0.2, -0.15) is 0 Å². The lowest BCUT2D eigenvalue weighted by Gasteiger charge is -2.38. The van der Waals surface area contributed by atoms with E-state index in [2.05, 4.69) is 4.74 Å². The average Bonchev–Trinajstić information content (AvgIpc) is 2.81. The van der Waals surface area contributed by atoms with Crippen LogP contribution in [0.1, 0.15) is 45.0 Å². The number of esters is 2. The first kappa shape index (κ1) is 22.0. The third kappa shape index (κ3) is 5.09. The number of benzene rings is 2. The van der Waals surface area contributed by atoms with Gasteiger partial charge in [0.2, 0.25) is 0 Å². The summed E-state index contributed by atoms with van der Waals surface area (Å²) in [7, 11) is 1.24. The molecule has 2 atom stereocenters. The molecule has 0 bridgehead atoms. The standard InChI is InChI=1S/C23H23NO7/c1-30-21(26)17-10-5-9-16(13-17)19(25)14-31-22(27)20-18(15-7-3-2-4-8-15)11-6-12-24(20)23(28)29/h2-5,7-10,13,18,20H,6,11-12,14H2,1H3,(H,28,29). The van der Waals surface area contributed by atoms with E-state index in [0.29, 0.717) is 12.8 Å². The van der Waals surface area contributed by atoms with Crippen molar-refractivity contribution in [1.82, 2.24) is 4.90 Å². The highest BCUT2D eigenvalue weighted by Gasteiger charge is 2.41. The number of carbonyl (C=O) groups is 4. The topological polar surface area (TPSA) is 110 Å². The molecule has 1 fully saturated rings. The van der Waals surface area contributed by atoms with Crippen LogP contribution in [0.2, 0.25) is 0 Å². The Kier molecular flexibility index (Phi) is 7.02. The van der Waals surface area contributed by atoms with Crippen LogP contribution in [0.4, 0.5) is 4.79 Å². The van der Waals surface area contributed by atoms with E-state index in [9.17, 15) is 24.3 Å². The molecular formula is C23H23NO7. The Bertz CT molecular complexity index is 973. The van der Waals surface area contributed by atoms with Crippen molar-refractivity contribution in [3.8, 4) is 0 Å². The zero-order chi connectivity index (χ0) is 22.4. The van der Waals surface area contributed by atoms with Gasteiger partial charge in [0.1, 0.15) is 6.04 Å². The highest BCUT2D eigenvalue weighted by atomic mass is 16.5. The molecule has 1 aliphatic rings. The Morgan fingerprint density at radius 1 is 1.03 bits per heavy atom. The minimum Gasteiger partial charge on any atom is -0.465 e. The van der Waals surface area contributed by atoms with E-state index in [1.807, 2.05) is 30.3 Å². The second kappa shape index (κ2) is 9.88. The van der Waals surface area contributed by atoms with Gasteiger partial charge in [0, 0.05) is 18.0 Å². The Morgan fingerprint density at radius 2 is 1.74 bits per heavy atom. The van der Waals surface area contributed by atoms with Crippen LogP contribution in [0.25, 0.3) is 0 Å². The summed E-state index contributed by atoms with van der Waals surface area (Å²) in [4.78, 5) is 49.9. The van der Waals surface area contributed by atoms with Crippen molar-refractivity contribution >= 4 is 23.8 Å². The molecule has 8 nitrogen and oxygen atoms in total. The number of carbonyl (C=O) groups excluding carboxylic acids is 3. The zero-order valence-corrected chi connectivity index (χ0v) is 17.0. The number of Topliss-reactive ketones (excluding diaryl/α,β-unsaturated/α-hetero) is 1. The monoisotopic (exact) mass is 425 g/mol. The maximum atomic E-state index is 12.9. The summed E-state index contributed by atoms with van der Waals surface area (Å²) in [6.45, 7) is -0.345. The van der Waals surface area contributed by atoms with Gasteiger partial charge in [-0.3, -0.25) is 9.69 Å². The molecule has 1 N–H and O–H groups in total. The molecule has 0 radical (unpaired) electrons. The summed E-state index contributed by atoms with van der Waals surface area (Å²) in [6, 6.07) is 14.0. The highest BCUT2D eigenvalue weighted by Crippen LogP contribution is 2.33. The number of ketones is 1. The Morgan fingerprint density at radius 3 is 2.42 bits per heavy atom. The van der Waals surface area contributed by atoms with E-state index < -0.39 is 36.5 Å². The normalized spacial score (nSPS) is 18.2. The van der Waals surface area contributed by atoms with Crippen molar-refractivity contribution in [3.05, 3.63) is 71.3 Å². The smallest absolute Gasteiger partial charge is 0.408 e. The fraction of sp³-hybridized carbons (Fsp3) is 0.304. The molecule has 0 aliphatic carbocycles. The number of amides is 1. The van der Waals surface area contributed by atoms with Gasteiger partial charge in [0.15, 0.2) is 12.4 Å². The molecule has 8 heteroatoms. The highest BCUT2D eigenvalue weighted by molar-refractivity contribution is 6.00. The van der Waals surface area contributed by atoms with Gasteiger partial charge in [0.05, 0.1) is 12.7 Å². The minimum atomic E-state index is -1.21. The minimum absolute atomic E-state index is 0.189. The molecule has 31 heavy (non-hydrogen) atoms. The SMILES string of the molecule is COC(=O)c1cccc(C(=O)COC(=O)C2C(c3ccccc3)CCCN2C(=O)O)c1. The summed E-state index contributed by atoms with van der Waals surface area (Å²) in [6.07, 6.45) is 0.0390. The van der Waals surface area contributed by atoms with Crippen LogP contribution in [0, 0.1) is 0 Å². The second-order valence-electron chi connectivity index (χ2n) is 7.18. The van der Waals surface area contributed by atoms with Crippen LogP contribution in [0.3, 0.4) is 0 Å². The number of carboxylic acid groups (broad SMARTS) is 1. The molecule has 0 spiro atoms. The fourth-order valence-corrected chi connectivity index (χ4v) is 3.79. The van der Waals surface area contributed by atoms with Crippen LogP contribution in [0.5, 0.6) is 0 Å². The first-order valence-corrected chi connectivity index (χ1v) is 9.85. The Hall–Kier alpha value is -3.68. The maximum Gasteiger partial charge on any atom is 0.408 e. The van der Waals surface area contributed by atoms with Gasteiger partial charge in [-0.25, -0.2) is 14.4 Å². The van der Waals surface area contributed by atoms with Crippen molar-refractivity contribution in [2.75, 3.05) is 20.3 Å². The van der Waals surface area contributed by atoms with Crippen LogP contribution in [-0.2, 0) is 14.3 Å². The van der Waals surface area contributed by atoms with Crippen molar-refractivity contribution in [1.29, 1.82) is 0 Å². The van der Waals surface area contributed by atoms with Crippen molar-refractivity contribution in [2.45, 2.75) is 24.8 Å². The van der Waals surface area contributed by atoms with E-state index >= 15 is 0 Å². The molecule has 1 amide bonds. The summed E-state index contributed by atoms with van der Waals surface area (Å²) in [5.74, 6) is -2.23. The molecular weight excluding hydrogens is 402 g/mol. The zero-order valence-electron chi connectivity index (χ0n) is 17.0. The van der Waals surface area contributed by atoms with E-state index in [0.717, 1.165) is 10.5 Å². The number of likely N-dealkylation sites (tertiary alicyclic amines) is 1. The fourth-order valence-electron chi connectivity index (χ4n) is 3.79. The quantitative estimate of drug-likeness (QED) is 0.559. The molecule has 1 aliphatic heterocycles. The third-order valence-electron chi connectivity index (χ3n) is 5.30. The molecule has 2 aromatic carbocycles. The van der Waals surface area contributed by atoms with Crippen molar-refractivity contribution in [3.63, 3.8) is 0 Å². The lowest BCUT2D eigenvalue weighted by Crippen LogP contribution is -2.52. The number of hydrogen-bond donors (Lipinski definition) is 1. The van der Waals surface area contributed by atoms with Crippen LogP contribution in [-0.4, -0.2) is 60.1 Å². The molecule has 2 aromatic rings. The molecule has 1 saturated heterocycles. The lowest BCUT2D eigenvalue weighted by molar-refractivity contribution is -0.150. The van der Waals surface area contributed by atoms with E-state index in [1.54, 1.807) is 0 Å². The van der Waals surface area contributed by atoms with Gasteiger partial charge in [-0.15, -0.1) is 0 Å². The molecule has 3 rings (SSSR count). The molecule has 162 valence electrons. The molecule has 0 saturated carbocycles. The number of rotatable bonds is 6. The lowest BCUT2D eigenvalue weighted by atomic mass is 9.83. The van der Waals surface area contributed by atoms with Gasteiger partial charge < -0.3 is 14.6 Å². The van der Waals surface area contributed by atoms with Crippen molar-refractivity contribution < 1.29 is 33.8 Å². The summed E-state index contributed by atoms with van der Waals surface area (Å²) < 4.78 is 9.89. The maximum absolute atomic E-state index is 12.9. The third-order valence-corrected chi connectivity index (χ3v) is 5.30. The van der Waals surface area contributed by atoms with Crippen LogP contribution >= 0.6 is 0 Å². The molecule has 1 heterocycles. The van der Waals surface area contributed by atoms with Crippen LogP contribution in [0.15, 0.2) is 54.6 Å². The van der Waals surface area contributed by atoms with E-state index in [1.165, 1.54) is 31.4 Å². The summed E-state index contributed by atoms with van der Waals surface area (Å²) in [5.41, 5.74) is 1.23. The van der Waals surface area contributed by atoms with E-state index in [-0.39, 0.29) is 23.6 Å². The number of ether oxygens (including phenoxy) is 2.